The number of benzene rings is 1. The van der Waals surface area contributed by atoms with Crippen LogP contribution < -0.4 is 5.73 Å². The van der Waals surface area contributed by atoms with Crippen molar-refractivity contribution in [3.8, 4) is 0 Å². The van der Waals surface area contributed by atoms with Crippen LogP contribution in [0.25, 0.3) is 11.0 Å². The second-order valence-electron chi connectivity index (χ2n) is 8.15. The van der Waals surface area contributed by atoms with Crippen molar-refractivity contribution in [1.82, 2.24) is 14.5 Å². The third kappa shape index (κ3) is 2.82. The maximum Gasteiger partial charge on any atom is 0.226 e. The fraction of sp³-hybridized carbons (Fsp3) is 0.619. The molecule has 140 valence electrons. The third-order valence-electron chi connectivity index (χ3n) is 6.25. The highest BCUT2D eigenvalue weighted by Crippen LogP contribution is 2.39. The first-order valence-corrected chi connectivity index (χ1v) is 10.1. The molecule has 1 saturated carbocycles. The summed E-state index contributed by atoms with van der Waals surface area (Å²) < 4.78 is 2.32. The van der Waals surface area contributed by atoms with Gasteiger partial charge in [0.15, 0.2) is 0 Å². The Kier molecular flexibility index (Phi) is 4.74. The lowest BCUT2D eigenvalue weighted by atomic mass is 9.94. The quantitative estimate of drug-likeness (QED) is 0.911. The van der Waals surface area contributed by atoms with Crippen molar-refractivity contribution < 1.29 is 4.79 Å². The molecule has 1 saturated heterocycles. The van der Waals surface area contributed by atoms with E-state index >= 15 is 0 Å². The van der Waals surface area contributed by atoms with E-state index in [1.54, 1.807) is 0 Å². The number of hydrogen-bond donors (Lipinski definition) is 1. The Morgan fingerprint density at radius 3 is 2.81 bits per heavy atom. The Morgan fingerprint density at radius 1 is 1.23 bits per heavy atom. The lowest BCUT2D eigenvalue weighted by molar-refractivity contribution is -0.137. The highest BCUT2D eigenvalue weighted by molar-refractivity contribution is 5.81. The summed E-state index contributed by atoms with van der Waals surface area (Å²) in [7, 11) is 0. The van der Waals surface area contributed by atoms with Crippen LogP contribution in [0.15, 0.2) is 24.3 Å². The summed E-state index contributed by atoms with van der Waals surface area (Å²) in [5.74, 6) is 1.82. The molecule has 2 N–H and O–H groups in total. The SMILES string of the molecule is CC(C)n1c(C2CCCN2C(=O)[C@@H]2CCC[C@@H]2CN)nc2ccccc21. The average Bonchev–Trinajstić information content (AvgIpc) is 3.36. The topological polar surface area (TPSA) is 64.2 Å². The Balaban J connectivity index is 1.70. The highest BCUT2D eigenvalue weighted by Gasteiger charge is 2.40. The van der Waals surface area contributed by atoms with Gasteiger partial charge in [0.25, 0.3) is 0 Å². The second-order valence-corrected chi connectivity index (χ2v) is 8.15. The van der Waals surface area contributed by atoms with Crippen LogP contribution in [0, 0.1) is 11.8 Å². The number of nitrogens with zero attached hydrogens (tertiary/aromatic N) is 3. The molecule has 1 unspecified atom stereocenters. The van der Waals surface area contributed by atoms with E-state index in [-0.39, 0.29) is 12.0 Å². The molecule has 5 heteroatoms. The van der Waals surface area contributed by atoms with Crippen molar-refractivity contribution >= 4 is 16.9 Å². The number of hydrogen-bond acceptors (Lipinski definition) is 3. The van der Waals surface area contributed by atoms with Gasteiger partial charge in [0, 0.05) is 18.5 Å². The van der Waals surface area contributed by atoms with Gasteiger partial charge in [-0.05, 0) is 64.1 Å². The minimum Gasteiger partial charge on any atom is -0.332 e. The van der Waals surface area contributed by atoms with Crippen molar-refractivity contribution in [2.75, 3.05) is 13.1 Å². The summed E-state index contributed by atoms with van der Waals surface area (Å²) in [5, 5.41) is 0. The van der Waals surface area contributed by atoms with Gasteiger partial charge in [-0.2, -0.15) is 0 Å². The summed E-state index contributed by atoms with van der Waals surface area (Å²) in [6.45, 7) is 5.86. The first kappa shape index (κ1) is 17.5. The molecule has 2 aromatic rings. The fourth-order valence-electron chi connectivity index (χ4n) is 5.00. The average molecular weight is 354 g/mol. The van der Waals surface area contributed by atoms with Crippen LogP contribution in [0.1, 0.15) is 63.9 Å². The van der Waals surface area contributed by atoms with Crippen molar-refractivity contribution in [2.24, 2.45) is 17.6 Å². The second kappa shape index (κ2) is 7.03. The number of nitrogens with two attached hydrogens (primary N) is 1. The number of carbonyl (C=O) groups is 1. The largest absolute Gasteiger partial charge is 0.332 e. The van der Waals surface area contributed by atoms with Crippen LogP contribution in [0.2, 0.25) is 0 Å². The number of amides is 1. The van der Waals surface area contributed by atoms with Crippen LogP contribution in [-0.4, -0.2) is 33.4 Å². The smallest absolute Gasteiger partial charge is 0.226 e. The third-order valence-corrected chi connectivity index (χ3v) is 6.25. The van der Waals surface area contributed by atoms with E-state index in [0.29, 0.717) is 24.4 Å². The normalized spacial score (nSPS) is 26.3. The molecule has 5 nitrogen and oxygen atoms in total. The molecule has 2 fully saturated rings. The zero-order valence-electron chi connectivity index (χ0n) is 15.9. The van der Waals surface area contributed by atoms with Crippen LogP contribution in [-0.2, 0) is 4.79 Å². The molecule has 0 spiro atoms. The van der Waals surface area contributed by atoms with Gasteiger partial charge in [-0.1, -0.05) is 18.6 Å². The van der Waals surface area contributed by atoms with E-state index in [9.17, 15) is 4.79 Å². The van der Waals surface area contributed by atoms with E-state index in [1.165, 1.54) is 0 Å². The molecule has 0 radical (unpaired) electrons. The van der Waals surface area contributed by atoms with E-state index in [0.717, 1.165) is 55.5 Å². The lowest BCUT2D eigenvalue weighted by Gasteiger charge is -2.30. The van der Waals surface area contributed by atoms with Crippen LogP contribution >= 0.6 is 0 Å². The molecule has 1 amide bonds. The van der Waals surface area contributed by atoms with Crippen molar-refractivity contribution in [3.05, 3.63) is 30.1 Å². The molecule has 1 aliphatic heterocycles. The van der Waals surface area contributed by atoms with E-state index in [1.807, 2.05) is 6.07 Å². The summed E-state index contributed by atoms with van der Waals surface area (Å²) >= 11 is 0. The molecule has 0 bridgehead atoms. The molecule has 1 aromatic carbocycles. The molecule has 4 rings (SSSR count). The van der Waals surface area contributed by atoms with Crippen molar-refractivity contribution in [1.29, 1.82) is 0 Å². The first-order chi connectivity index (χ1) is 12.6. The number of aromatic nitrogens is 2. The van der Waals surface area contributed by atoms with E-state index < -0.39 is 0 Å². The molecule has 1 aromatic heterocycles. The number of rotatable bonds is 4. The van der Waals surface area contributed by atoms with Gasteiger partial charge in [0.1, 0.15) is 5.82 Å². The fourth-order valence-corrected chi connectivity index (χ4v) is 5.00. The Morgan fingerprint density at radius 2 is 2.04 bits per heavy atom. The maximum absolute atomic E-state index is 13.3. The zero-order valence-corrected chi connectivity index (χ0v) is 15.9. The van der Waals surface area contributed by atoms with Crippen LogP contribution in [0.3, 0.4) is 0 Å². The van der Waals surface area contributed by atoms with Crippen molar-refractivity contribution in [2.45, 2.75) is 58.0 Å². The molecule has 26 heavy (non-hydrogen) atoms. The standard InChI is InChI=1S/C21H30N4O/c1-14(2)25-18-10-4-3-9-17(18)23-20(25)19-11-6-12-24(19)21(26)16-8-5-7-15(16)13-22/h3-4,9-10,14-16,19H,5-8,11-13,22H2,1-2H3/t15-,16-,19?/m1/s1. The van der Waals surface area contributed by atoms with Crippen molar-refractivity contribution in [3.63, 3.8) is 0 Å². The molecular formula is C21H30N4O. The predicted octanol–water partition coefficient (Wildman–Crippen LogP) is 3.66. The summed E-state index contributed by atoms with van der Waals surface area (Å²) in [4.78, 5) is 20.4. The van der Waals surface area contributed by atoms with E-state index in [4.69, 9.17) is 10.7 Å². The minimum absolute atomic E-state index is 0.0938. The Bertz CT molecular complexity index is 796. The Hall–Kier alpha value is -1.88. The number of likely N-dealkylation sites (tertiary alicyclic amines) is 1. The van der Waals surface area contributed by atoms with Gasteiger partial charge >= 0.3 is 0 Å². The van der Waals surface area contributed by atoms with Gasteiger partial charge in [-0.15, -0.1) is 0 Å². The van der Waals surface area contributed by atoms with Gasteiger partial charge in [0.05, 0.1) is 17.1 Å². The predicted molar refractivity (Wildman–Crippen MR) is 104 cm³/mol. The van der Waals surface area contributed by atoms with E-state index in [2.05, 4.69) is 41.5 Å². The number of para-hydroxylation sites is 2. The number of imidazole rings is 1. The maximum atomic E-state index is 13.3. The van der Waals surface area contributed by atoms with Crippen LogP contribution in [0.5, 0.6) is 0 Å². The Labute approximate surface area is 155 Å². The first-order valence-electron chi connectivity index (χ1n) is 10.1. The summed E-state index contributed by atoms with van der Waals surface area (Å²) in [6, 6.07) is 8.71. The van der Waals surface area contributed by atoms with Gasteiger partial charge in [-0.3, -0.25) is 4.79 Å². The van der Waals surface area contributed by atoms with Gasteiger partial charge in [0.2, 0.25) is 5.91 Å². The zero-order chi connectivity index (χ0) is 18.3. The molecule has 1 aliphatic carbocycles. The monoisotopic (exact) mass is 354 g/mol. The number of fused-ring (bicyclic) bond motifs is 1. The van der Waals surface area contributed by atoms with Crippen LogP contribution in [0.4, 0.5) is 0 Å². The van der Waals surface area contributed by atoms with Gasteiger partial charge < -0.3 is 15.2 Å². The lowest BCUT2D eigenvalue weighted by Crippen LogP contribution is -2.39. The summed E-state index contributed by atoms with van der Waals surface area (Å²) in [5.41, 5.74) is 8.12. The highest BCUT2D eigenvalue weighted by atomic mass is 16.2. The minimum atomic E-state index is 0.0938. The molecule has 3 atom stereocenters. The number of carbonyl (C=O) groups excluding carboxylic acids is 1. The molecule has 2 aliphatic rings. The summed E-state index contributed by atoms with van der Waals surface area (Å²) in [6.07, 6.45) is 5.27. The molecular weight excluding hydrogens is 324 g/mol. The van der Waals surface area contributed by atoms with Gasteiger partial charge in [-0.25, -0.2) is 4.98 Å². The molecule has 2 heterocycles.